The first-order valence-electron chi connectivity index (χ1n) is 6.63. The molecule has 0 aliphatic carbocycles. The molecule has 8 nitrogen and oxygen atoms in total. The Morgan fingerprint density at radius 1 is 1.43 bits per heavy atom. The van der Waals surface area contributed by atoms with Gasteiger partial charge < -0.3 is 14.8 Å². The molecule has 1 aromatic heterocycles. The molecule has 0 saturated carbocycles. The molecule has 120 valence electrons. The number of fused-ring (bicyclic) bond motifs is 1. The number of aromatic nitrogens is 1. The van der Waals surface area contributed by atoms with Crippen LogP contribution in [0.25, 0.3) is 6.08 Å². The van der Waals surface area contributed by atoms with Gasteiger partial charge in [0.15, 0.2) is 26.0 Å². The molecule has 0 spiro atoms. The van der Waals surface area contributed by atoms with Gasteiger partial charge in [-0.25, -0.2) is 13.2 Å². The first kappa shape index (κ1) is 15.3. The van der Waals surface area contributed by atoms with Gasteiger partial charge in [-0.05, 0) is 25.1 Å². The number of pyridine rings is 1. The number of rotatable bonds is 3. The summed E-state index contributed by atoms with van der Waals surface area (Å²) in [5, 5.41) is 7.84. The highest BCUT2D eigenvalue weighted by Gasteiger charge is 2.72. The fourth-order valence-electron chi connectivity index (χ4n) is 2.94. The van der Waals surface area contributed by atoms with Crippen molar-refractivity contribution >= 4 is 34.1 Å². The summed E-state index contributed by atoms with van der Waals surface area (Å²) in [5.41, 5.74) is 0.290. The lowest BCUT2D eigenvalue weighted by molar-refractivity contribution is -0.153. The number of hydrogen-bond acceptors (Lipinski definition) is 6. The number of amides is 1. The summed E-state index contributed by atoms with van der Waals surface area (Å²) < 4.78 is 23.1. The predicted molar refractivity (Wildman–Crippen MR) is 77.7 cm³/mol. The largest absolute Gasteiger partial charge is 0.480 e. The third-order valence-electron chi connectivity index (χ3n) is 4.19. The molecule has 3 rings (SSSR count). The van der Waals surface area contributed by atoms with E-state index in [4.69, 9.17) is 0 Å². The Hall–Kier alpha value is -2.55. The molecule has 2 fully saturated rings. The SMILES string of the molecule is C[C@]1(C=O)[C@H](C(=O)O)N2C(=O)C(=Cc3ccccn3)[C@H]2S1(=O)=O. The first-order valence-corrected chi connectivity index (χ1v) is 8.18. The molecule has 2 aliphatic rings. The van der Waals surface area contributed by atoms with Crippen molar-refractivity contribution in [3.05, 3.63) is 35.7 Å². The smallest absolute Gasteiger partial charge is 0.328 e. The van der Waals surface area contributed by atoms with E-state index in [1.54, 1.807) is 18.2 Å². The minimum atomic E-state index is -4.21. The number of nitrogens with zero attached hydrogens (tertiary/aromatic N) is 2. The second-order valence-corrected chi connectivity index (χ2v) is 7.92. The fourth-order valence-corrected chi connectivity index (χ4v) is 5.10. The van der Waals surface area contributed by atoms with E-state index in [2.05, 4.69) is 4.98 Å². The number of aldehydes is 1. The van der Waals surface area contributed by atoms with Crippen LogP contribution in [0.3, 0.4) is 0 Å². The molecule has 0 bridgehead atoms. The van der Waals surface area contributed by atoms with Gasteiger partial charge >= 0.3 is 5.97 Å². The number of carbonyl (C=O) groups is 3. The summed E-state index contributed by atoms with van der Waals surface area (Å²) in [6, 6.07) is 3.17. The monoisotopic (exact) mass is 336 g/mol. The van der Waals surface area contributed by atoms with Crippen molar-refractivity contribution in [3.8, 4) is 0 Å². The van der Waals surface area contributed by atoms with Crippen molar-refractivity contribution in [2.45, 2.75) is 23.1 Å². The quantitative estimate of drug-likeness (QED) is 0.447. The zero-order valence-corrected chi connectivity index (χ0v) is 12.7. The van der Waals surface area contributed by atoms with E-state index < -0.39 is 37.9 Å². The third-order valence-corrected chi connectivity index (χ3v) is 6.80. The Balaban J connectivity index is 2.14. The molecule has 0 unspecified atom stereocenters. The molecular formula is C14H12N2O6S. The zero-order chi connectivity index (χ0) is 17.0. The van der Waals surface area contributed by atoms with Gasteiger partial charge in [0, 0.05) is 6.20 Å². The lowest BCUT2D eigenvalue weighted by Crippen LogP contribution is -2.59. The van der Waals surface area contributed by atoms with E-state index in [0.717, 1.165) is 11.8 Å². The van der Waals surface area contributed by atoms with Crippen LogP contribution in [0.5, 0.6) is 0 Å². The van der Waals surface area contributed by atoms with Crippen LogP contribution in [0, 0.1) is 0 Å². The molecule has 2 aliphatic heterocycles. The standard InChI is InChI=1S/C14H12N2O6S/c1-14(7-17)10(13(19)20)16-11(18)9(12(16)23(14,21)22)6-8-4-2-3-5-15-8/h2-7,10,12H,1H3,(H,19,20)/t10-,12+,14-/m0/s1. The van der Waals surface area contributed by atoms with Gasteiger partial charge in [0.1, 0.15) is 6.29 Å². The van der Waals surface area contributed by atoms with Crippen LogP contribution in [-0.4, -0.2) is 57.7 Å². The molecule has 1 amide bonds. The number of carbonyl (C=O) groups excluding carboxylic acids is 2. The van der Waals surface area contributed by atoms with E-state index in [9.17, 15) is 27.9 Å². The van der Waals surface area contributed by atoms with Gasteiger partial charge in [0.2, 0.25) is 0 Å². The molecule has 1 aromatic rings. The van der Waals surface area contributed by atoms with Crippen LogP contribution >= 0.6 is 0 Å². The van der Waals surface area contributed by atoms with Gasteiger partial charge in [0.05, 0.1) is 11.3 Å². The summed E-state index contributed by atoms with van der Waals surface area (Å²) in [4.78, 5) is 39.7. The summed E-state index contributed by atoms with van der Waals surface area (Å²) in [7, 11) is -4.21. The van der Waals surface area contributed by atoms with Gasteiger partial charge in [-0.15, -0.1) is 0 Å². The summed E-state index contributed by atoms with van der Waals surface area (Å²) >= 11 is 0. The highest BCUT2D eigenvalue weighted by molar-refractivity contribution is 7.94. The van der Waals surface area contributed by atoms with E-state index in [1.807, 2.05) is 0 Å². The molecule has 0 radical (unpaired) electrons. The van der Waals surface area contributed by atoms with Crippen LogP contribution in [0.4, 0.5) is 0 Å². The van der Waals surface area contributed by atoms with Gasteiger partial charge in [-0.2, -0.15) is 0 Å². The van der Waals surface area contributed by atoms with Crippen molar-refractivity contribution in [1.29, 1.82) is 0 Å². The van der Waals surface area contributed by atoms with Gasteiger partial charge in [0.25, 0.3) is 5.91 Å². The summed E-state index contributed by atoms with van der Waals surface area (Å²) in [5.74, 6) is -2.25. The Morgan fingerprint density at radius 3 is 2.65 bits per heavy atom. The first-order chi connectivity index (χ1) is 10.8. The molecule has 9 heteroatoms. The Bertz CT molecular complexity index is 847. The van der Waals surface area contributed by atoms with Crippen LogP contribution in [0.2, 0.25) is 0 Å². The number of hydrogen-bond donors (Lipinski definition) is 1. The number of β-lactam (4-membered cyclic amide) rings is 1. The van der Waals surface area contributed by atoms with Crippen molar-refractivity contribution in [3.63, 3.8) is 0 Å². The molecule has 3 heterocycles. The van der Waals surface area contributed by atoms with Crippen molar-refractivity contribution < 1.29 is 27.9 Å². The average molecular weight is 336 g/mol. The molecule has 23 heavy (non-hydrogen) atoms. The number of carboxylic acid groups (broad SMARTS) is 1. The zero-order valence-electron chi connectivity index (χ0n) is 11.9. The second kappa shape index (κ2) is 4.72. The minimum Gasteiger partial charge on any atom is -0.480 e. The molecule has 2 saturated heterocycles. The maximum atomic E-state index is 12.6. The van der Waals surface area contributed by atoms with E-state index in [1.165, 1.54) is 12.3 Å². The molecular weight excluding hydrogens is 324 g/mol. The van der Waals surface area contributed by atoms with Gasteiger partial charge in [-0.3, -0.25) is 9.78 Å². The average Bonchev–Trinajstić information content (AvgIpc) is 2.68. The number of carboxylic acids is 1. The maximum Gasteiger partial charge on any atom is 0.328 e. The van der Waals surface area contributed by atoms with Crippen molar-refractivity contribution in [2.75, 3.05) is 0 Å². The fraction of sp³-hybridized carbons (Fsp3) is 0.286. The van der Waals surface area contributed by atoms with E-state index >= 15 is 0 Å². The Morgan fingerprint density at radius 2 is 2.13 bits per heavy atom. The lowest BCUT2D eigenvalue weighted by atomic mass is 9.95. The highest BCUT2D eigenvalue weighted by Crippen LogP contribution is 2.48. The highest BCUT2D eigenvalue weighted by atomic mass is 32.2. The predicted octanol–water partition coefficient (Wildman–Crippen LogP) is -0.528. The molecule has 1 N–H and O–H groups in total. The van der Waals surface area contributed by atoms with Gasteiger partial charge in [-0.1, -0.05) is 6.07 Å². The van der Waals surface area contributed by atoms with Crippen LogP contribution < -0.4 is 0 Å². The van der Waals surface area contributed by atoms with Crippen LogP contribution in [-0.2, 0) is 24.2 Å². The second-order valence-electron chi connectivity index (χ2n) is 5.51. The molecule has 3 atom stereocenters. The lowest BCUT2D eigenvalue weighted by Gasteiger charge is -2.37. The van der Waals surface area contributed by atoms with E-state index in [-0.39, 0.29) is 11.9 Å². The van der Waals surface area contributed by atoms with Crippen LogP contribution in [0.15, 0.2) is 30.0 Å². The maximum absolute atomic E-state index is 12.6. The minimum absolute atomic E-state index is 0.0828. The summed E-state index contributed by atoms with van der Waals surface area (Å²) in [6.07, 6.45) is 2.87. The summed E-state index contributed by atoms with van der Waals surface area (Å²) in [6.45, 7) is 1.03. The van der Waals surface area contributed by atoms with E-state index in [0.29, 0.717) is 5.69 Å². The Labute approximate surface area is 131 Å². The number of aliphatic carboxylic acids is 1. The number of sulfone groups is 1. The molecule has 0 aromatic carbocycles. The van der Waals surface area contributed by atoms with Crippen molar-refractivity contribution in [1.82, 2.24) is 9.88 Å². The van der Waals surface area contributed by atoms with Crippen molar-refractivity contribution in [2.24, 2.45) is 0 Å². The normalized spacial score (nSPS) is 33.2. The third kappa shape index (κ3) is 1.79. The Kier molecular flexibility index (Phi) is 3.15. The van der Waals surface area contributed by atoms with Crippen LogP contribution in [0.1, 0.15) is 12.6 Å². The topological polar surface area (TPSA) is 122 Å².